The molecule has 1 rings (SSSR count). The van der Waals surface area contributed by atoms with Crippen molar-refractivity contribution in [1.29, 1.82) is 0 Å². The van der Waals surface area contributed by atoms with Crippen LogP contribution in [0.3, 0.4) is 0 Å². The van der Waals surface area contributed by atoms with Gasteiger partial charge in [0, 0.05) is 19.2 Å². The van der Waals surface area contributed by atoms with Crippen molar-refractivity contribution in [3.05, 3.63) is 0 Å². The summed E-state index contributed by atoms with van der Waals surface area (Å²) in [5.74, 6) is 1.05. The highest BCUT2D eigenvalue weighted by molar-refractivity contribution is 4.78. The number of hydrogen-bond donors (Lipinski definition) is 2. The molecule has 0 aromatic heterocycles. The Morgan fingerprint density at radius 3 is 2.56 bits per heavy atom. The molecule has 3 unspecified atom stereocenters. The molecular formula is C13H27NO2. The van der Waals surface area contributed by atoms with Crippen molar-refractivity contribution < 1.29 is 9.84 Å². The van der Waals surface area contributed by atoms with Gasteiger partial charge >= 0.3 is 0 Å². The number of rotatable bonds is 7. The Morgan fingerprint density at radius 1 is 1.38 bits per heavy atom. The van der Waals surface area contributed by atoms with Crippen LogP contribution < -0.4 is 5.32 Å². The van der Waals surface area contributed by atoms with Gasteiger partial charge in [0.15, 0.2) is 0 Å². The van der Waals surface area contributed by atoms with E-state index in [-0.39, 0.29) is 6.10 Å². The highest BCUT2D eigenvalue weighted by Gasteiger charge is 2.23. The molecule has 2 N–H and O–H groups in total. The van der Waals surface area contributed by atoms with Gasteiger partial charge in [-0.25, -0.2) is 0 Å². The van der Waals surface area contributed by atoms with E-state index in [4.69, 9.17) is 4.74 Å². The molecule has 3 atom stereocenters. The Bertz CT molecular complexity index is 169. The second-order valence-corrected chi connectivity index (χ2v) is 4.96. The lowest BCUT2D eigenvalue weighted by Gasteiger charge is -2.25. The molecule has 0 aromatic rings. The minimum atomic E-state index is -0.209. The molecule has 1 saturated heterocycles. The first-order valence-corrected chi connectivity index (χ1v) is 6.68. The van der Waals surface area contributed by atoms with Gasteiger partial charge in [0.1, 0.15) is 0 Å². The lowest BCUT2D eigenvalue weighted by molar-refractivity contribution is 0.0951. The first-order valence-electron chi connectivity index (χ1n) is 6.68. The number of hydrogen-bond acceptors (Lipinski definition) is 3. The van der Waals surface area contributed by atoms with Crippen molar-refractivity contribution in [3.8, 4) is 0 Å². The average molecular weight is 229 g/mol. The zero-order chi connectivity index (χ0) is 12.0. The summed E-state index contributed by atoms with van der Waals surface area (Å²) in [5.41, 5.74) is 0. The van der Waals surface area contributed by atoms with Crippen LogP contribution in [0.15, 0.2) is 0 Å². The summed E-state index contributed by atoms with van der Waals surface area (Å²) in [6, 6.07) is 0.450. The van der Waals surface area contributed by atoms with E-state index in [9.17, 15) is 5.11 Å². The molecule has 1 aliphatic rings. The minimum absolute atomic E-state index is 0.209. The van der Waals surface area contributed by atoms with Crippen molar-refractivity contribution in [2.45, 2.75) is 52.2 Å². The molecule has 0 saturated carbocycles. The molecule has 0 spiro atoms. The highest BCUT2D eigenvalue weighted by atomic mass is 16.5. The van der Waals surface area contributed by atoms with Crippen molar-refractivity contribution >= 4 is 0 Å². The van der Waals surface area contributed by atoms with E-state index in [1.807, 2.05) is 0 Å². The van der Waals surface area contributed by atoms with Crippen molar-refractivity contribution in [3.63, 3.8) is 0 Å². The molecule has 3 heteroatoms. The number of aliphatic hydroxyl groups is 1. The van der Waals surface area contributed by atoms with Crippen LogP contribution in [0, 0.1) is 11.8 Å². The molecule has 0 aliphatic carbocycles. The molecular weight excluding hydrogens is 202 g/mol. The summed E-state index contributed by atoms with van der Waals surface area (Å²) in [4.78, 5) is 0. The van der Waals surface area contributed by atoms with Gasteiger partial charge in [-0.05, 0) is 25.2 Å². The predicted molar refractivity (Wildman–Crippen MR) is 66.5 cm³/mol. The third-order valence-corrected chi connectivity index (χ3v) is 3.91. The summed E-state index contributed by atoms with van der Waals surface area (Å²) in [5, 5.41) is 13.5. The Balaban J connectivity index is 2.21. The van der Waals surface area contributed by atoms with E-state index in [2.05, 4.69) is 26.1 Å². The zero-order valence-electron chi connectivity index (χ0n) is 10.9. The fourth-order valence-electron chi connectivity index (χ4n) is 2.42. The lowest BCUT2D eigenvalue weighted by Crippen LogP contribution is -2.41. The van der Waals surface area contributed by atoms with Crippen molar-refractivity contribution in [1.82, 2.24) is 5.32 Å². The maximum absolute atomic E-state index is 10.0. The molecule has 0 bridgehead atoms. The van der Waals surface area contributed by atoms with Crippen LogP contribution in [0.5, 0.6) is 0 Å². The molecule has 1 aliphatic heterocycles. The van der Waals surface area contributed by atoms with Gasteiger partial charge in [-0.3, -0.25) is 0 Å². The molecule has 96 valence electrons. The van der Waals surface area contributed by atoms with Crippen LogP contribution in [-0.4, -0.2) is 37.0 Å². The Kier molecular flexibility index (Phi) is 6.32. The smallest absolute Gasteiger partial charge is 0.0692 e. The van der Waals surface area contributed by atoms with E-state index < -0.39 is 0 Å². The molecule has 1 heterocycles. The number of ether oxygens (including phenoxy) is 1. The van der Waals surface area contributed by atoms with Crippen LogP contribution >= 0.6 is 0 Å². The fraction of sp³-hybridized carbons (Fsp3) is 1.00. The second-order valence-electron chi connectivity index (χ2n) is 4.96. The Labute approximate surface area is 99.6 Å². The summed E-state index contributed by atoms with van der Waals surface area (Å²) < 4.78 is 5.37. The van der Waals surface area contributed by atoms with E-state index in [0.717, 1.165) is 32.5 Å². The standard InChI is InChI=1S/C13H27NO2/c1-4-11(5-2)13(15)8-14-10(3)12-6-7-16-9-12/h10-15H,4-9H2,1-3H3. The van der Waals surface area contributed by atoms with Gasteiger partial charge in [0.2, 0.25) is 0 Å². The van der Waals surface area contributed by atoms with Gasteiger partial charge in [-0.1, -0.05) is 26.7 Å². The first-order chi connectivity index (χ1) is 7.69. The van der Waals surface area contributed by atoms with E-state index >= 15 is 0 Å². The fourth-order valence-corrected chi connectivity index (χ4v) is 2.42. The van der Waals surface area contributed by atoms with Gasteiger partial charge in [0.05, 0.1) is 12.7 Å². The minimum Gasteiger partial charge on any atom is -0.392 e. The summed E-state index contributed by atoms with van der Waals surface area (Å²) in [6.45, 7) is 8.96. The van der Waals surface area contributed by atoms with Crippen LogP contribution in [0.25, 0.3) is 0 Å². The molecule has 3 nitrogen and oxygen atoms in total. The average Bonchev–Trinajstić information content (AvgIpc) is 2.81. The van der Waals surface area contributed by atoms with Gasteiger partial charge in [-0.15, -0.1) is 0 Å². The topological polar surface area (TPSA) is 41.5 Å². The molecule has 0 radical (unpaired) electrons. The maximum atomic E-state index is 10.0. The number of aliphatic hydroxyl groups excluding tert-OH is 1. The van der Waals surface area contributed by atoms with E-state index in [1.165, 1.54) is 0 Å². The van der Waals surface area contributed by atoms with Crippen LogP contribution in [0.1, 0.15) is 40.0 Å². The lowest BCUT2D eigenvalue weighted by atomic mass is 9.95. The van der Waals surface area contributed by atoms with Gasteiger partial charge in [-0.2, -0.15) is 0 Å². The van der Waals surface area contributed by atoms with Gasteiger partial charge in [0.25, 0.3) is 0 Å². The SMILES string of the molecule is CCC(CC)C(O)CNC(C)C1CCOC1. The summed E-state index contributed by atoms with van der Waals surface area (Å²) in [6.07, 6.45) is 3.05. The number of nitrogens with one attached hydrogen (secondary N) is 1. The van der Waals surface area contributed by atoms with Crippen LogP contribution in [-0.2, 0) is 4.74 Å². The maximum Gasteiger partial charge on any atom is 0.0692 e. The first kappa shape index (κ1) is 13.9. The Morgan fingerprint density at radius 2 is 2.06 bits per heavy atom. The van der Waals surface area contributed by atoms with Crippen LogP contribution in [0.2, 0.25) is 0 Å². The van der Waals surface area contributed by atoms with Crippen molar-refractivity contribution in [2.24, 2.45) is 11.8 Å². The normalized spacial score (nSPS) is 24.9. The molecule has 1 fully saturated rings. The third-order valence-electron chi connectivity index (χ3n) is 3.91. The summed E-state index contributed by atoms with van der Waals surface area (Å²) >= 11 is 0. The largest absolute Gasteiger partial charge is 0.392 e. The monoisotopic (exact) mass is 229 g/mol. The van der Waals surface area contributed by atoms with E-state index in [0.29, 0.717) is 24.4 Å². The van der Waals surface area contributed by atoms with Crippen LogP contribution in [0.4, 0.5) is 0 Å². The third kappa shape index (κ3) is 4.04. The quantitative estimate of drug-likeness (QED) is 0.699. The van der Waals surface area contributed by atoms with Gasteiger partial charge < -0.3 is 15.2 Å². The molecule has 16 heavy (non-hydrogen) atoms. The zero-order valence-corrected chi connectivity index (χ0v) is 10.9. The highest BCUT2D eigenvalue weighted by Crippen LogP contribution is 2.17. The summed E-state index contributed by atoms with van der Waals surface area (Å²) in [7, 11) is 0. The Hall–Kier alpha value is -0.120. The van der Waals surface area contributed by atoms with Crippen molar-refractivity contribution in [2.75, 3.05) is 19.8 Å². The molecule has 0 amide bonds. The molecule has 0 aromatic carbocycles. The second kappa shape index (κ2) is 7.25. The predicted octanol–water partition coefficient (Wildman–Crippen LogP) is 1.80. The van der Waals surface area contributed by atoms with E-state index in [1.54, 1.807) is 0 Å².